The maximum absolute atomic E-state index is 5.76. The molecule has 1 aromatic heterocycles. The van der Waals surface area contributed by atoms with Crippen LogP contribution in [0.1, 0.15) is 40.0 Å². The summed E-state index contributed by atoms with van der Waals surface area (Å²) >= 11 is 2.02. The van der Waals surface area contributed by atoms with Crippen molar-refractivity contribution in [1.29, 1.82) is 0 Å². The Morgan fingerprint density at radius 1 is 1.35 bits per heavy atom. The summed E-state index contributed by atoms with van der Waals surface area (Å²) in [6.07, 6.45) is 1.14. The molecule has 0 saturated carbocycles. The molecule has 0 aliphatic carbocycles. The average Bonchev–Trinajstić information content (AvgIpc) is 2.74. The van der Waals surface area contributed by atoms with Crippen molar-refractivity contribution >= 4 is 17.8 Å². The van der Waals surface area contributed by atoms with Crippen LogP contribution in [0.3, 0.4) is 0 Å². The lowest BCUT2D eigenvalue weighted by atomic mass is 10.1. The summed E-state index contributed by atoms with van der Waals surface area (Å²) in [5.74, 6) is 2.41. The molecule has 2 heterocycles. The largest absolute Gasteiger partial charge is 0.407 e. The van der Waals surface area contributed by atoms with E-state index in [0.717, 1.165) is 31.8 Å². The van der Waals surface area contributed by atoms with Crippen LogP contribution >= 0.6 is 11.8 Å². The maximum Gasteiger partial charge on any atom is 0.318 e. The normalized spacial score (nSPS) is 19.4. The zero-order valence-corrected chi connectivity index (χ0v) is 13.8. The number of aromatic nitrogens is 2. The third-order valence-electron chi connectivity index (χ3n) is 3.39. The summed E-state index contributed by atoms with van der Waals surface area (Å²) in [5, 5.41) is 11.6. The summed E-state index contributed by atoms with van der Waals surface area (Å²) in [7, 11) is 0. The van der Waals surface area contributed by atoms with Gasteiger partial charge in [-0.1, -0.05) is 32.8 Å². The Hall–Kier alpha value is -0.750. The van der Waals surface area contributed by atoms with Gasteiger partial charge in [0.25, 0.3) is 0 Å². The third-order valence-corrected chi connectivity index (χ3v) is 4.77. The summed E-state index contributed by atoms with van der Waals surface area (Å²) in [6.45, 7) is 12.6. The predicted octanol–water partition coefficient (Wildman–Crippen LogP) is 2.54. The molecule has 1 aliphatic rings. The Morgan fingerprint density at radius 3 is 2.90 bits per heavy atom. The zero-order chi connectivity index (χ0) is 14.6. The molecule has 20 heavy (non-hydrogen) atoms. The van der Waals surface area contributed by atoms with Crippen LogP contribution in [-0.4, -0.2) is 40.3 Å². The zero-order valence-electron chi connectivity index (χ0n) is 13.0. The maximum atomic E-state index is 5.76. The van der Waals surface area contributed by atoms with Crippen molar-refractivity contribution < 1.29 is 4.42 Å². The van der Waals surface area contributed by atoms with Gasteiger partial charge in [-0.05, 0) is 18.9 Å². The fourth-order valence-corrected chi connectivity index (χ4v) is 3.22. The van der Waals surface area contributed by atoms with Crippen LogP contribution in [0.2, 0.25) is 0 Å². The minimum Gasteiger partial charge on any atom is -0.407 e. The summed E-state index contributed by atoms with van der Waals surface area (Å²) in [4.78, 5) is 2.21. The lowest BCUT2D eigenvalue weighted by Crippen LogP contribution is -2.27. The monoisotopic (exact) mass is 298 g/mol. The highest BCUT2D eigenvalue weighted by atomic mass is 32.2. The fourth-order valence-electron chi connectivity index (χ4n) is 2.12. The van der Waals surface area contributed by atoms with Crippen LogP contribution in [0, 0.1) is 5.92 Å². The van der Waals surface area contributed by atoms with E-state index in [0.29, 0.717) is 29.1 Å². The Morgan fingerprint density at radius 2 is 2.15 bits per heavy atom. The Bertz CT molecular complexity index is 419. The number of thioether (sulfide) groups is 1. The van der Waals surface area contributed by atoms with Gasteiger partial charge in [-0.15, -0.1) is 5.10 Å². The Labute approximate surface area is 125 Å². The highest BCUT2D eigenvalue weighted by Crippen LogP contribution is 2.31. The summed E-state index contributed by atoms with van der Waals surface area (Å²) in [5.41, 5.74) is 0. The van der Waals surface area contributed by atoms with Crippen molar-refractivity contribution in [3.63, 3.8) is 0 Å². The molecular weight excluding hydrogens is 272 g/mol. The van der Waals surface area contributed by atoms with Crippen LogP contribution in [0.15, 0.2) is 4.42 Å². The van der Waals surface area contributed by atoms with Crippen molar-refractivity contribution in [2.75, 3.05) is 30.3 Å². The fraction of sp³-hybridized carbons (Fsp3) is 0.857. The predicted molar refractivity (Wildman–Crippen MR) is 84.2 cm³/mol. The van der Waals surface area contributed by atoms with Gasteiger partial charge in [0.1, 0.15) is 0 Å². The first-order valence-corrected chi connectivity index (χ1v) is 8.37. The number of nitrogens with one attached hydrogen (secondary N) is 1. The van der Waals surface area contributed by atoms with E-state index in [2.05, 4.69) is 48.1 Å². The molecule has 0 radical (unpaired) electrons. The van der Waals surface area contributed by atoms with E-state index in [1.165, 1.54) is 0 Å². The van der Waals surface area contributed by atoms with Crippen molar-refractivity contribution in [3.8, 4) is 0 Å². The minimum absolute atomic E-state index is 0.344. The molecular formula is C14H26N4OS. The number of hydrogen-bond donors (Lipinski definition) is 1. The van der Waals surface area contributed by atoms with Gasteiger partial charge in [0, 0.05) is 23.6 Å². The standard InChI is InChI=1S/C14H26N4OS/c1-11(2)9-15-10-12-16-17-13(19-12)18-6-5-14(3,4)20-8-7-18/h11,15H,5-10H2,1-4H3. The second-order valence-electron chi connectivity index (χ2n) is 6.35. The van der Waals surface area contributed by atoms with E-state index in [4.69, 9.17) is 4.42 Å². The van der Waals surface area contributed by atoms with E-state index in [1.807, 2.05) is 11.8 Å². The number of nitrogens with zero attached hydrogens (tertiary/aromatic N) is 3. The molecule has 0 atom stereocenters. The Kier molecular flexibility index (Phi) is 5.32. The number of hydrogen-bond acceptors (Lipinski definition) is 6. The van der Waals surface area contributed by atoms with Crippen molar-refractivity contribution in [2.24, 2.45) is 5.92 Å². The summed E-state index contributed by atoms with van der Waals surface area (Å²) < 4.78 is 6.10. The molecule has 0 unspecified atom stereocenters. The van der Waals surface area contributed by atoms with Crippen LogP contribution in [0.5, 0.6) is 0 Å². The quantitative estimate of drug-likeness (QED) is 0.901. The molecule has 1 aliphatic heterocycles. The molecule has 0 bridgehead atoms. The van der Waals surface area contributed by atoms with E-state index in [-0.39, 0.29) is 0 Å². The number of rotatable bonds is 5. The molecule has 2 rings (SSSR count). The van der Waals surface area contributed by atoms with Crippen LogP contribution in [0.4, 0.5) is 6.01 Å². The van der Waals surface area contributed by atoms with Crippen LogP contribution in [0.25, 0.3) is 0 Å². The molecule has 0 aromatic carbocycles. The molecule has 6 heteroatoms. The molecule has 1 aromatic rings. The van der Waals surface area contributed by atoms with Gasteiger partial charge in [0.05, 0.1) is 6.54 Å². The average molecular weight is 298 g/mol. The molecule has 114 valence electrons. The van der Waals surface area contributed by atoms with Crippen LogP contribution < -0.4 is 10.2 Å². The van der Waals surface area contributed by atoms with E-state index < -0.39 is 0 Å². The van der Waals surface area contributed by atoms with Crippen molar-refractivity contribution in [2.45, 2.75) is 45.4 Å². The molecule has 0 spiro atoms. The SMILES string of the molecule is CC(C)CNCc1nnc(N2CCSC(C)(C)CC2)o1. The van der Waals surface area contributed by atoms with Crippen molar-refractivity contribution in [3.05, 3.63) is 5.89 Å². The third kappa shape index (κ3) is 4.66. The van der Waals surface area contributed by atoms with Gasteiger partial charge in [-0.25, -0.2) is 0 Å². The van der Waals surface area contributed by atoms with Crippen LogP contribution in [-0.2, 0) is 6.54 Å². The minimum atomic E-state index is 0.344. The number of anilines is 1. The molecule has 1 fully saturated rings. The second-order valence-corrected chi connectivity index (χ2v) is 8.15. The van der Waals surface area contributed by atoms with Gasteiger partial charge >= 0.3 is 6.01 Å². The smallest absolute Gasteiger partial charge is 0.318 e. The van der Waals surface area contributed by atoms with E-state index >= 15 is 0 Å². The summed E-state index contributed by atoms with van der Waals surface area (Å²) in [6, 6.07) is 0.671. The lowest BCUT2D eigenvalue weighted by molar-refractivity contribution is 0.446. The molecule has 0 amide bonds. The van der Waals surface area contributed by atoms with Gasteiger partial charge < -0.3 is 14.6 Å². The Balaban J connectivity index is 1.88. The van der Waals surface area contributed by atoms with Gasteiger partial charge in [-0.2, -0.15) is 11.8 Å². The first-order valence-electron chi connectivity index (χ1n) is 7.38. The van der Waals surface area contributed by atoms with Gasteiger partial charge in [0.2, 0.25) is 5.89 Å². The molecule has 1 saturated heterocycles. The highest BCUT2D eigenvalue weighted by molar-refractivity contribution is 8.00. The first kappa shape index (κ1) is 15.6. The van der Waals surface area contributed by atoms with E-state index in [1.54, 1.807) is 0 Å². The topological polar surface area (TPSA) is 54.2 Å². The van der Waals surface area contributed by atoms with Crippen molar-refractivity contribution in [1.82, 2.24) is 15.5 Å². The highest BCUT2D eigenvalue weighted by Gasteiger charge is 2.25. The van der Waals surface area contributed by atoms with E-state index in [9.17, 15) is 0 Å². The molecule has 1 N–H and O–H groups in total. The first-order chi connectivity index (χ1) is 9.46. The van der Waals surface area contributed by atoms with Gasteiger partial charge in [0.15, 0.2) is 0 Å². The molecule has 5 nitrogen and oxygen atoms in total. The second kappa shape index (κ2) is 6.80. The van der Waals surface area contributed by atoms with Gasteiger partial charge in [-0.3, -0.25) is 0 Å². The lowest BCUT2D eigenvalue weighted by Gasteiger charge is -2.21.